The van der Waals surface area contributed by atoms with Gasteiger partial charge in [0.05, 0.1) is 43.2 Å². The van der Waals surface area contributed by atoms with Crippen molar-refractivity contribution in [1.29, 1.82) is 0 Å². The molecule has 0 saturated heterocycles. The highest BCUT2D eigenvalue weighted by atomic mass is 28.5. The lowest BCUT2D eigenvalue weighted by Crippen LogP contribution is -2.60. The van der Waals surface area contributed by atoms with Crippen LogP contribution >= 0.6 is 0 Å². The van der Waals surface area contributed by atoms with Crippen molar-refractivity contribution in [3.63, 3.8) is 0 Å². The molecule has 0 fully saturated rings. The Hall–Kier alpha value is -0.825. The van der Waals surface area contributed by atoms with Crippen LogP contribution in [0.2, 0.25) is 129 Å². The van der Waals surface area contributed by atoms with E-state index < -0.39 is 80.0 Å². The lowest BCUT2D eigenvalue weighted by molar-refractivity contribution is -0.154. The summed E-state index contributed by atoms with van der Waals surface area (Å²) in [6.45, 7) is 55.9. The molecule has 76 heavy (non-hydrogen) atoms. The van der Waals surface area contributed by atoms with Crippen LogP contribution in [-0.2, 0) is 58.6 Å². The average Bonchev–Trinajstić information content (AvgIpc) is 3.19. The maximum Gasteiger partial charge on any atom is 0.469 e. The van der Waals surface area contributed by atoms with Crippen molar-refractivity contribution >= 4 is 92.5 Å². The number of alkyl carbamates (subject to hydrolysis) is 1. The van der Waals surface area contributed by atoms with E-state index in [-0.39, 0.29) is 65.6 Å². The summed E-state index contributed by atoms with van der Waals surface area (Å²) in [6.07, 6.45) is 5.05. The Bertz CT molecular complexity index is 1470. The number of carbonyl (C=O) groups is 4. The molecular weight excluding hydrogens is 1100 g/mol. The maximum atomic E-state index is 12.2. The number of rotatable bonds is 35. The van der Waals surface area contributed by atoms with Crippen LogP contribution in [0.1, 0.15) is 130 Å². The van der Waals surface area contributed by atoms with E-state index in [0.717, 1.165) is 44.2 Å². The zero-order valence-corrected chi connectivity index (χ0v) is 59.4. The second-order valence-electron chi connectivity index (χ2n) is 25.4. The van der Waals surface area contributed by atoms with Crippen LogP contribution in [0.15, 0.2) is 0 Å². The fourth-order valence-corrected chi connectivity index (χ4v) is 32.2. The molecule has 0 aliphatic carbocycles. The number of hydrogen-bond acceptors (Lipinski definition) is 14. The van der Waals surface area contributed by atoms with Gasteiger partial charge >= 0.3 is 32.8 Å². The minimum absolute atomic E-state index is 0. The first kappa shape index (κ1) is 89.0. The molecule has 15 nitrogen and oxygen atoms in total. The Labute approximate surface area is 481 Å². The summed E-state index contributed by atoms with van der Waals surface area (Å²) in [5.74, 6) is -0.494. The Morgan fingerprint density at radius 1 is 0.487 bits per heavy atom. The summed E-state index contributed by atoms with van der Waals surface area (Å²) in [5.41, 5.74) is -0.797. The molecule has 0 radical (unpaired) electrons. The Kier molecular flexibility index (Phi) is 49.2. The average molecular weight is 1230 g/mol. The van der Waals surface area contributed by atoms with E-state index in [2.05, 4.69) is 117 Å². The number of hydrogen-bond donors (Lipinski definition) is 1. The second-order valence-corrected chi connectivity index (χ2v) is 58.0. The van der Waals surface area contributed by atoms with Crippen molar-refractivity contribution in [2.75, 3.05) is 46.2 Å². The van der Waals surface area contributed by atoms with Crippen LogP contribution in [0.4, 0.5) is 4.79 Å². The number of ether oxygens (including phenoxy) is 5. The van der Waals surface area contributed by atoms with Gasteiger partial charge < -0.3 is 49.6 Å². The van der Waals surface area contributed by atoms with Crippen molar-refractivity contribution in [3.8, 4) is 0 Å². The number of esters is 3. The van der Waals surface area contributed by atoms with Gasteiger partial charge in [-0.15, -0.1) is 0 Å². The van der Waals surface area contributed by atoms with E-state index in [4.69, 9.17) is 44.3 Å². The van der Waals surface area contributed by atoms with Gasteiger partial charge in [0.1, 0.15) is 16.4 Å². The van der Waals surface area contributed by atoms with Gasteiger partial charge in [-0.3, -0.25) is 14.4 Å². The first-order valence-electron chi connectivity index (χ1n) is 26.9. The van der Waals surface area contributed by atoms with E-state index in [1.165, 1.54) is 0 Å². The lowest BCUT2D eigenvalue weighted by atomic mass is 9.91. The summed E-state index contributed by atoms with van der Waals surface area (Å²) in [5, 5.41) is 2.62. The standard InChI is InChI=1S/C18H44O5Si4.C17H37NO6Si2.C14H32O3Si2.4CH4/c1-13-18(2,3)17(19)20-15-14-16-27(21-24(4,5)6,22-25(7,8)9)23-26(10,11)12;1-6-15(2)16(19)22-11-7-9-18-17(20)23-13-12-21-10-8-14-25-24-26(3,4)5;1-9-14(2,3)13(15)16-11-10-12-19(7,8)17-18(4,5)6;;;;/h13-16H2,1-12H3;15H,6-14,25H2,1-5H3,(H,18,20);9-12H2,1-8H3;4*1H4. The fourth-order valence-electron chi connectivity index (χ4n) is 6.07. The molecule has 1 N–H and O–H groups in total. The summed E-state index contributed by atoms with van der Waals surface area (Å²) >= 11 is 0. The van der Waals surface area contributed by atoms with Crippen LogP contribution in [0.3, 0.4) is 0 Å². The van der Waals surface area contributed by atoms with Crippen molar-refractivity contribution in [2.24, 2.45) is 16.7 Å². The quantitative estimate of drug-likeness (QED) is 0.0275. The minimum atomic E-state index is -2.83. The van der Waals surface area contributed by atoms with Crippen LogP contribution in [0, 0.1) is 16.7 Å². The summed E-state index contributed by atoms with van der Waals surface area (Å²) < 4.78 is 58.5. The fraction of sp³-hybridized carbons (Fsp3) is 0.925. The van der Waals surface area contributed by atoms with Gasteiger partial charge in [0.15, 0.2) is 49.9 Å². The predicted octanol–water partition coefficient (Wildman–Crippen LogP) is 15.3. The normalized spacial score (nSPS) is 12.9. The zero-order valence-electron chi connectivity index (χ0n) is 51.0. The van der Waals surface area contributed by atoms with Gasteiger partial charge in [-0.1, -0.05) is 57.4 Å². The first-order valence-corrected chi connectivity index (χ1v) is 50.6. The van der Waals surface area contributed by atoms with Gasteiger partial charge in [0.25, 0.3) is 0 Å². The van der Waals surface area contributed by atoms with E-state index in [1.54, 1.807) is 0 Å². The minimum Gasteiger partial charge on any atom is -0.465 e. The van der Waals surface area contributed by atoms with Crippen molar-refractivity contribution in [2.45, 2.75) is 259 Å². The van der Waals surface area contributed by atoms with E-state index >= 15 is 0 Å². The van der Waals surface area contributed by atoms with E-state index in [9.17, 15) is 19.2 Å². The molecule has 0 spiro atoms. The molecule has 1 unspecified atom stereocenters. The molecule has 0 aliphatic heterocycles. The summed E-state index contributed by atoms with van der Waals surface area (Å²) in [6, 6.07) is 2.87. The highest BCUT2D eigenvalue weighted by Crippen LogP contribution is 2.31. The van der Waals surface area contributed by atoms with Crippen molar-refractivity contribution < 1.29 is 63.4 Å². The Morgan fingerprint density at radius 3 is 1.28 bits per heavy atom. The molecule has 1 atom stereocenters. The molecule has 0 aliphatic rings. The molecule has 0 saturated carbocycles. The highest BCUT2D eigenvalue weighted by molar-refractivity contribution is 6.90. The molecule has 0 heterocycles. The second kappa shape index (κ2) is 42.1. The molecule has 0 aromatic heterocycles. The third-order valence-electron chi connectivity index (χ3n) is 10.4. The molecule has 0 rings (SSSR count). The van der Waals surface area contributed by atoms with Gasteiger partial charge in [-0.2, -0.15) is 0 Å². The summed E-state index contributed by atoms with van der Waals surface area (Å²) in [4.78, 5) is 46.9. The summed E-state index contributed by atoms with van der Waals surface area (Å²) in [7, 11) is -13.2. The molecule has 462 valence electrons. The largest absolute Gasteiger partial charge is 0.469 e. The number of carbonyl (C=O) groups excluding carboxylic acids is 4. The molecule has 0 aromatic carbocycles. The van der Waals surface area contributed by atoms with Gasteiger partial charge in [-0.05, 0) is 196 Å². The number of nitrogens with one attached hydrogen (secondary N) is 1. The molecule has 23 heteroatoms. The highest BCUT2D eigenvalue weighted by Gasteiger charge is 2.49. The van der Waals surface area contributed by atoms with Crippen molar-refractivity contribution in [3.05, 3.63) is 0 Å². The first-order chi connectivity index (χ1) is 32.5. The van der Waals surface area contributed by atoms with Gasteiger partial charge in [0.2, 0.25) is 0 Å². The monoisotopic (exact) mass is 1230 g/mol. The molecule has 0 aromatic rings. The lowest BCUT2D eigenvalue weighted by Gasteiger charge is -2.42. The molecule has 1 amide bonds. The van der Waals surface area contributed by atoms with E-state index in [0.29, 0.717) is 58.5 Å². The zero-order chi connectivity index (χ0) is 56.9. The topological polar surface area (TPSA) is 173 Å². The van der Waals surface area contributed by atoms with Crippen LogP contribution < -0.4 is 5.32 Å². The smallest absolute Gasteiger partial charge is 0.465 e. The SMILES string of the molecule is C.C.C.C.CCC(C)(C)C(=O)OCCC[Si](C)(C)O[Si](C)(C)C.CCC(C)(C)C(=O)OCCC[Si](O[Si](C)(C)C)(O[Si](C)(C)C)O[Si](C)(C)C.CCC(C)C(=O)OCCCNC(=O)OCCOCCC[SiH2]O[Si](C)(C)C. The predicted molar refractivity (Wildman–Crippen MR) is 344 cm³/mol. The van der Waals surface area contributed by atoms with Gasteiger partial charge in [0, 0.05) is 19.2 Å². The maximum absolute atomic E-state index is 12.2. The Morgan fingerprint density at radius 2 is 0.895 bits per heavy atom. The Balaban J connectivity index is -0.000000186. The molecule has 0 bridgehead atoms. The van der Waals surface area contributed by atoms with Crippen molar-refractivity contribution in [1.82, 2.24) is 5.32 Å². The molecular formula is C53H129NO14Si8. The van der Waals surface area contributed by atoms with Crippen LogP contribution in [0.25, 0.3) is 0 Å². The van der Waals surface area contributed by atoms with Crippen LogP contribution in [0.5, 0.6) is 0 Å². The third kappa shape index (κ3) is 53.8. The van der Waals surface area contributed by atoms with Crippen LogP contribution in [-0.4, -0.2) is 139 Å². The van der Waals surface area contributed by atoms with Gasteiger partial charge in [-0.25, -0.2) is 4.79 Å². The van der Waals surface area contributed by atoms with E-state index in [1.807, 2.05) is 55.4 Å². The third-order valence-corrected chi connectivity index (χ3v) is 33.7. The number of amides is 1.